The summed E-state index contributed by atoms with van der Waals surface area (Å²) >= 11 is 0. The van der Waals surface area contributed by atoms with Gasteiger partial charge in [0.05, 0.1) is 18.3 Å². The highest BCUT2D eigenvalue weighted by Crippen LogP contribution is 2.24. The Bertz CT molecular complexity index is 135. The molecule has 0 bridgehead atoms. The molecule has 0 aromatic rings. The van der Waals surface area contributed by atoms with E-state index in [-0.39, 0.29) is 12.2 Å². The summed E-state index contributed by atoms with van der Waals surface area (Å²) in [6.07, 6.45) is -0.968. The molecule has 0 spiro atoms. The fourth-order valence-electron chi connectivity index (χ4n) is 1.53. The molecule has 0 aromatic carbocycles. The monoisotopic (exact) mass is 174 g/mol. The molecule has 12 heavy (non-hydrogen) atoms. The Morgan fingerprint density at radius 3 is 2.33 bits per heavy atom. The molecule has 1 rings (SSSR count). The van der Waals surface area contributed by atoms with Gasteiger partial charge in [0.1, 0.15) is 6.10 Å². The van der Waals surface area contributed by atoms with E-state index in [4.69, 9.17) is 4.74 Å². The zero-order chi connectivity index (χ0) is 9.30. The fourth-order valence-corrected chi connectivity index (χ4v) is 1.53. The lowest BCUT2D eigenvalue weighted by Gasteiger charge is -2.37. The fraction of sp³-hybridized carbons (Fsp3) is 1.00. The van der Waals surface area contributed by atoms with Gasteiger partial charge < -0.3 is 14.9 Å². The first-order valence-corrected chi connectivity index (χ1v) is 4.54. The lowest BCUT2D eigenvalue weighted by atomic mass is 9.93. The minimum absolute atomic E-state index is 0.0819. The second-order valence-electron chi connectivity index (χ2n) is 3.92. The van der Waals surface area contributed by atoms with E-state index in [0.29, 0.717) is 12.3 Å². The van der Waals surface area contributed by atoms with Gasteiger partial charge >= 0.3 is 0 Å². The number of aliphatic hydroxyl groups excluding tert-OH is 2. The average molecular weight is 174 g/mol. The molecule has 0 aliphatic carbocycles. The Morgan fingerprint density at radius 1 is 1.33 bits per heavy atom. The lowest BCUT2D eigenvalue weighted by Crippen LogP contribution is -2.48. The van der Waals surface area contributed by atoms with Crippen LogP contribution in [0.3, 0.4) is 0 Å². The minimum Gasteiger partial charge on any atom is -0.390 e. The zero-order valence-corrected chi connectivity index (χ0v) is 7.90. The van der Waals surface area contributed by atoms with Crippen LogP contribution in [-0.4, -0.2) is 34.6 Å². The zero-order valence-electron chi connectivity index (χ0n) is 7.90. The van der Waals surface area contributed by atoms with Gasteiger partial charge in [-0.15, -0.1) is 0 Å². The summed E-state index contributed by atoms with van der Waals surface area (Å²) in [4.78, 5) is 0. The highest BCUT2D eigenvalue weighted by atomic mass is 16.5. The van der Waals surface area contributed by atoms with Gasteiger partial charge in [0.25, 0.3) is 0 Å². The molecular formula is C9H18O3. The van der Waals surface area contributed by atoms with E-state index in [1.807, 2.05) is 0 Å². The Kier molecular flexibility index (Phi) is 3.09. The molecule has 0 radical (unpaired) electrons. The van der Waals surface area contributed by atoms with E-state index in [1.165, 1.54) is 0 Å². The number of aliphatic hydroxyl groups is 2. The topological polar surface area (TPSA) is 49.7 Å². The molecule has 3 nitrogen and oxygen atoms in total. The van der Waals surface area contributed by atoms with E-state index in [9.17, 15) is 10.2 Å². The highest BCUT2D eigenvalue weighted by molar-refractivity contribution is 4.84. The molecule has 1 aliphatic rings. The second kappa shape index (κ2) is 3.73. The number of ether oxygens (including phenoxy) is 1. The summed E-state index contributed by atoms with van der Waals surface area (Å²) < 4.78 is 5.52. The lowest BCUT2D eigenvalue weighted by molar-refractivity contribution is -0.171. The van der Waals surface area contributed by atoms with Crippen molar-refractivity contribution in [1.29, 1.82) is 0 Å². The summed E-state index contributed by atoms with van der Waals surface area (Å²) in [6.45, 7) is 5.91. The minimum atomic E-state index is -0.722. The molecule has 1 aliphatic heterocycles. The molecule has 0 aromatic heterocycles. The quantitative estimate of drug-likeness (QED) is 0.610. The maximum Gasteiger partial charge on any atom is 0.106 e. The van der Waals surface area contributed by atoms with Gasteiger partial charge in [-0.3, -0.25) is 0 Å². The van der Waals surface area contributed by atoms with Crippen LogP contribution in [0.2, 0.25) is 0 Å². The van der Waals surface area contributed by atoms with Gasteiger partial charge in [0, 0.05) is 6.42 Å². The largest absolute Gasteiger partial charge is 0.390 e. The summed E-state index contributed by atoms with van der Waals surface area (Å²) in [5.41, 5.74) is 0. The van der Waals surface area contributed by atoms with Crippen LogP contribution in [-0.2, 0) is 4.74 Å². The molecule has 0 unspecified atom stereocenters. The van der Waals surface area contributed by atoms with Crippen LogP contribution in [0.1, 0.15) is 27.2 Å². The van der Waals surface area contributed by atoms with Crippen LogP contribution < -0.4 is 0 Å². The SMILES string of the molecule is CC(C)[C@H]1C[C@@H](O)[C@H](O)[C@@H](C)O1. The van der Waals surface area contributed by atoms with Gasteiger partial charge in [0.2, 0.25) is 0 Å². The third kappa shape index (κ3) is 1.97. The predicted octanol–water partition coefficient (Wildman–Crippen LogP) is 0.542. The van der Waals surface area contributed by atoms with Crippen molar-refractivity contribution in [2.24, 2.45) is 5.92 Å². The third-order valence-electron chi connectivity index (χ3n) is 2.48. The van der Waals surface area contributed by atoms with Crippen LogP contribution in [0.15, 0.2) is 0 Å². The van der Waals surface area contributed by atoms with Gasteiger partial charge in [-0.05, 0) is 12.8 Å². The van der Waals surface area contributed by atoms with E-state index in [0.717, 1.165) is 0 Å². The summed E-state index contributed by atoms with van der Waals surface area (Å²) in [5.74, 6) is 0.398. The van der Waals surface area contributed by atoms with Gasteiger partial charge in [-0.25, -0.2) is 0 Å². The molecule has 4 atom stereocenters. The molecule has 1 fully saturated rings. The molecule has 2 N–H and O–H groups in total. The van der Waals surface area contributed by atoms with E-state index < -0.39 is 12.2 Å². The summed E-state index contributed by atoms with van der Waals surface area (Å²) in [6, 6.07) is 0. The Hall–Kier alpha value is -0.120. The third-order valence-corrected chi connectivity index (χ3v) is 2.48. The smallest absolute Gasteiger partial charge is 0.106 e. The maximum atomic E-state index is 9.44. The Balaban J connectivity index is 2.53. The van der Waals surface area contributed by atoms with Crippen LogP contribution in [0.25, 0.3) is 0 Å². The van der Waals surface area contributed by atoms with E-state index in [1.54, 1.807) is 6.92 Å². The van der Waals surface area contributed by atoms with Gasteiger partial charge in [-0.1, -0.05) is 13.8 Å². The number of hydrogen-bond donors (Lipinski definition) is 2. The van der Waals surface area contributed by atoms with Crippen LogP contribution in [0, 0.1) is 5.92 Å². The van der Waals surface area contributed by atoms with Crippen molar-refractivity contribution >= 4 is 0 Å². The Labute approximate surface area is 73.4 Å². The van der Waals surface area contributed by atoms with Crippen molar-refractivity contribution < 1.29 is 14.9 Å². The molecule has 1 heterocycles. The molecular weight excluding hydrogens is 156 g/mol. The van der Waals surface area contributed by atoms with Crippen molar-refractivity contribution in [2.75, 3.05) is 0 Å². The van der Waals surface area contributed by atoms with E-state index in [2.05, 4.69) is 13.8 Å². The average Bonchev–Trinajstić information content (AvgIpc) is 1.99. The standard InChI is InChI=1S/C9H18O3/c1-5(2)8-4-7(10)9(11)6(3)12-8/h5-11H,4H2,1-3H3/t6-,7-,8-,9-/m1/s1. The van der Waals surface area contributed by atoms with Gasteiger partial charge in [0.15, 0.2) is 0 Å². The van der Waals surface area contributed by atoms with Gasteiger partial charge in [-0.2, -0.15) is 0 Å². The molecule has 72 valence electrons. The predicted molar refractivity (Wildman–Crippen MR) is 45.8 cm³/mol. The second-order valence-corrected chi connectivity index (χ2v) is 3.92. The van der Waals surface area contributed by atoms with Crippen LogP contribution in [0.4, 0.5) is 0 Å². The Morgan fingerprint density at radius 2 is 1.92 bits per heavy atom. The van der Waals surface area contributed by atoms with Crippen molar-refractivity contribution in [3.63, 3.8) is 0 Å². The van der Waals surface area contributed by atoms with Crippen molar-refractivity contribution in [3.8, 4) is 0 Å². The van der Waals surface area contributed by atoms with Crippen LogP contribution >= 0.6 is 0 Å². The molecule has 1 saturated heterocycles. The first-order chi connectivity index (χ1) is 5.52. The molecule has 3 heteroatoms. The normalized spacial score (nSPS) is 43.5. The van der Waals surface area contributed by atoms with E-state index >= 15 is 0 Å². The van der Waals surface area contributed by atoms with Crippen LogP contribution in [0.5, 0.6) is 0 Å². The summed E-state index contributed by atoms with van der Waals surface area (Å²) in [5, 5.41) is 18.8. The first-order valence-electron chi connectivity index (χ1n) is 4.54. The van der Waals surface area contributed by atoms with Crippen molar-refractivity contribution in [2.45, 2.75) is 51.6 Å². The molecule has 0 saturated carbocycles. The van der Waals surface area contributed by atoms with Crippen molar-refractivity contribution in [3.05, 3.63) is 0 Å². The first kappa shape index (κ1) is 9.96. The maximum absolute atomic E-state index is 9.44. The molecule has 0 amide bonds. The number of hydrogen-bond acceptors (Lipinski definition) is 3. The number of rotatable bonds is 1. The van der Waals surface area contributed by atoms with Crippen molar-refractivity contribution in [1.82, 2.24) is 0 Å². The highest BCUT2D eigenvalue weighted by Gasteiger charge is 2.34. The summed E-state index contributed by atoms with van der Waals surface area (Å²) in [7, 11) is 0.